The molecule has 0 radical (unpaired) electrons. The van der Waals surface area contributed by atoms with Crippen molar-refractivity contribution in [3.63, 3.8) is 0 Å². The standard InChI is InChI=1S/C14H17N7O2/c15-12(16)19-13(17)18-8-3-1-4-9(7-8)21-11(22)10-5-2-6-20(10)14(21)23/h1,3-4,7,10H,2,5-6H2,(H6,15,16,17,18,19). The van der Waals surface area contributed by atoms with Crippen LogP contribution in [0.5, 0.6) is 0 Å². The van der Waals surface area contributed by atoms with Crippen molar-refractivity contribution >= 4 is 35.2 Å². The van der Waals surface area contributed by atoms with E-state index in [2.05, 4.69) is 9.98 Å². The van der Waals surface area contributed by atoms with Crippen LogP contribution in [0.25, 0.3) is 0 Å². The Bertz CT molecular complexity index is 702. The quantitative estimate of drug-likeness (QED) is 0.394. The normalized spacial score (nSPS) is 20.9. The van der Waals surface area contributed by atoms with Gasteiger partial charge in [0.25, 0.3) is 5.91 Å². The molecule has 0 bridgehead atoms. The summed E-state index contributed by atoms with van der Waals surface area (Å²) in [4.78, 5) is 35.3. The molecule has 2 aliphatic rings. The van der Waals surface area contributed by atoms with Gasteiger partial charge in [0, 0.05) is 6.54 Å². The Morgan fingerprint density at radius 2 is 2.00 bits per heavy atom. The number of nitrogens with two attached hydrogens (primary N) is 3. The fourth-order valence-corrected chi connectivity index (χ4v) is 2.85. The first-order valence-corrected chi connectivity index (χ1v) is 7.16. The number of fused-ring (bicyclic) bond motifs is 1. The van der Waals surface area contributed by atoms with E-state index in [9.17, 15) is 9.59 Å². The molecule has 3 amide bonds. The summed E-state index contributed by atoms with van der Waals surface area (Å²) in [5, 5.41) is 0. The number of carbonyl (C=O) groups is 2. The molecular weight excluding hydrogens is 298 g/mol. The minimum Gasteiger partial charge on any atom is -0.370 e. The van der Waals surface area contributed by atoms with Crippen molar-refractivity contribution in [1.29, 1.82) is 0 Å². The highest BCUT2D eigenvalue weighted by Crippen LogP contribution is 2.32. The molecule has 9 nitrogen and oxygen atoms in total. The first-order chi connectivity index (χ1) is 11.0. The predicted molar refractivity (Wildman–Crippen MR) is 86.1 cm³/mol. The lowest BCUT2D eigenvalue weighted by Gasteiger charge is -2.15. The lowest BCUT2D eigenvalue weighted by atomic mass is 10.2. The van der Waals surface area contributed by atoms with Crippen LogP contribution in [0, 0.1) is 0 Å². The second-order valence-corrected chi connectivity index (χ2v) is 5.33. The zero-order valence-corrected chi connectivity index (χ0v) is 12.3. The average molecular weight is 315 g/mol. The molecule has 2 fully saturated rings. The van der Waals surface area contributed by atoms with Crippen LogP contribution < -0.4 is 22.1 Å². The molecule has 1 unspecified atom stereocenters. The largest absolute Gasteiger partial charge is 0.370 e. The Kier molecular flexibility index (Phi) is 3.61. The van der Waals surface area contributed by atoms with Crippen molar-refractivity contribution < 1.29 is 9.59 Å². The molecule has 6 N–H and O–H groups in total. The highest BCUT2D eigenvalue weighted by Gasteiger charge is 2.47. The van der Waals surface area contributed by atoms with E-state index in [1.807, 2.05) is 0 Å². The maximum absolute atomic E-state index is 12.4. The van der Waals surface area contributed by atoms with Crippen molar-refractivity contribution in [2.24, 2.45) is 27.2 Å². The van der Waals surface area contributed by atoms with Crippen LogP contribution in [0.3, 0.4) is 0 Å². The topological polar surface area (TPSA) is 143 Å². The van der Waals surface area contributed by atoms with Crippen LogP contribution in [-0.2, 0) is 4.79 Å². The molecule has 1 atom stereocenters. The summed E-state index contributed by atoms with van der Waals surface area (Å²) < 4.78 is 0. The maximum Gasteiger partial charge on any atom is 0.332 e. The number of urea groups is 1. The molecule has 0 saturated carbocycles. The van der Waals surface area contributed by atoms with E-state index in [0.29, 0.717) is 24.3 Å². The van der Waals surface area contributed by atoms with Gasteiger partial charge in [-0.25, -0.2) is 14.7 Å². The number of imide groups is 1. The molecule has 3 rings (SSSR count). The van der Waals surface area contributed by atoms with Gasteiger partial charge in [0.05, 0.1) is 11.4 Å². The fourth-order valence-electron chi connectivity index (χ4n) is 2.85. The third-order valence-electron chi connectivity index (χ3n) is 3.77. The van der Waals surface area contributed by atoms with Gasteiger partial charge >= 0.3 is 6.03 Å². The SMILES string of the molecule is NC(N)=NC(N)=Nc1cccc(N2C(=O)C3CCCN3C2=O)c1. The summed E-state index contributed by atoms with van der Waals surface area (Å²) in [5.41, 5.74) is 16.9. The molecule has 23 heavy (non-hydrogen) atoms. The number of guanidine groups is 2. The van der Waals surface area contributed by atoms with Gasteiger partial charge in [-0.2, -0.15) is 4.99 Å². The summed E-state index contributed by atoms with van der Waals surface area (Å²) in [6.07, 6.45) is 1.56. The summed E-state index contributed by atoms with van der Waals surface area (Å²) in [7, 11) is 0. The zero-order valence-electron chi connectivity index (χ0n) is 12.3. The number of anilines is 1. The predicted octanol–water partition coefficient (Wildman–Crippen LogP) is -0.163. The van der Waals surface area contributed by atoms with E-state index in [1.54, 1.807) is 29.2 Å². The number of benzene rings is 1. The molecule has 0 aromatic heterocycles. The van der Waals surface area contributed by atoms with Crippen molar-refractivity contribution in [3.8, 4) is 0 Å². The fraction of sp³-hybridized carbons (Fsp3) is 0.286. The third kappa shape index (κ3) is 2.68. The van der Waals surface area contributed by atoms with E-state index in [-0.39, 0.29) is 29.9 Å². The van der Waals surface area contributed by atoms with Gasteiger partial charge in [0.15, 0.2) is 5.96 Å². The smallest absolute Gasteiger partial charge is 0.332 e. The summed E-state index contributed by atoms with van der Waals surface area (Å²) in [6, 6.07) is 5.98. The van der Waals surface area contributed by atoms with E-state index in [1.165, 1.54) is 4.90 Å². The molecule has 120 valence electrons. The van der Waals surface area contributed by atoms with Gasteiger partial charge in [-0.3, -0.25) is 4.79 Å². The number of amides is 3. The number of nitrogens with zero attached hydrogens (tertiary/aromatic N) is 4. The van der Waals surface area contributed by atoms with E-state index in [0.717, 1.165) is 6.42 Å². The van der Waals surface area contributed by atoms with Crippen LogP contribution >= 0.6 is 0 Å². The van der Waals surface area contributed by atoms with Gasteiger partial charge in [-0.15, -0.1) is 0 Å². The zero-order chi connectivity index (χ0) is 16.6. The van der Waals surface area contributed by atoms with Gasteiger partial charge in [-0.05, 0) is 31.0 Å². The number of hydrogen-bond donors (Lipinski definition) is 3. The highest BCUT2D eigenvalue weighted by atomic mass is 16.2. The van der Waals surface area contributed by atoms with Crippen molar-refractivity contribution in [2.75, 3.05) is 11.4 Å². The number of aliphatic imine (C=N–C) groups is 2. The summed E-state index contributed by atoms with van der Waals surface area (Å²) in [5.74, 6) is -0.513. The van der Waals surface area contributed by atoms with Crippen LogP contribution in [0.1, 0.15) is 12.8 Å². The summed E-state index contributed by atoms with van der Waals surface area (Å²) >= 11 is 0. The Labute approximate surface area is 132 Å². The van der Waals surface area contributed by atoms with Crippen LogP contribution in [0.4, 0.5) is 16.2 Å². The lowest BCUT2D eigenvalue weighted by Crippen LogP contribution is -2.32. The van der Waals surface area contributed by atoms with E-state index in [4.69, 9.17) is 17.2 Å². The second kappa shape index (κ2) is 5.59. The minimum atomic E-state index is -0.346. The van der Waals surface area contributed by atoms with Crippen LogP contribution in [-0.4, -0.2) is 41.3 Å². The van der Waals surface area contributed by atoms with Crippen LogP contribution in [0.15, 0.2) is 34.3 Å². The molecule has 2 heterocycles. The van der Waals surface area contributed by atoms with Crippen molar-refractivity contribution in [1.82, 2.24) is 4.90 Å². The highest BCUT2D eigenvalue weighted by molar-refractivity contribution is 6.21. The molecule has 9 heteroatoms. The Balaban J connectivity index is 1.90. The third-order valence-corrected chi connectivity index (χ3v) is 3.77. The maximum atomic E-state index is 12.4. The number of rotatable bonds is 2. The second-order valence-electron chi connectivity index (χ2n) is 5.33. The lowest BCUT2D eigenvalue weighted by molar-refractivity contribution is -0.119. The monoisotopic (exact) mass is 315 g/mol. The number of hydrogen-bond acceptors (Lipinski definition) is 3. The Morgan fingerprint density at radius 3 is 2.70 bits per heavy atom. The first kappa shape index (κ1) is 14.8. The molecule has 0 spiro atoms. The first-order valence-electron chi connectivity index (χ1n) is 7.16. The summed E-state index contributed by atoms with van der Waals surface area (Å²) in [6.45, 7) is 0.612. The Morgan fingerprint density at radius 1 is 1.22 bits per heavy atom. The van der Waals surface area contributed by atoms with Gasteiger partial charge in [0.1, 0.15) is 6.04 Å². The molecule has 2 saturated heterocycles. The van der Waals surface area contributed by atoms with E-state index < -0.39 is 0 Å². The van der Waals surface area contributed by atoms with Gasteiger partial charge < -0.3 is 22.1 Å². The number of carbonyl (C=O) groups excluding carboxylic acids is 2. The molecule has 1 aromatic carbocycles. The minimum absolute atomic E-state index is 0.109. The molecule has 2 aliphatic heterocycles. The molecule has 1 aromatic rings. The van der Waals surface area contributed by atoms with Crippen LogP contribution in [0.2, 0.25) is 0 Å². The molecule has 0 aliphatic carbocycles. The van der Waals surface area contributed by atoms with Crippen molar-refractivity contribution in [3.05, 3.63) is 24.3 Å². The van der Waals surface area contributed by atoms with E-state index >= 15 is 0 Å². The van der Waals surface area contributed by atoms with Gasteiger partial charge in [0.2, 0.25) is 5.96 Å². The average Bonchev–Trinajstić information content (AvgIpc) is 3.03. The van der Waals surface area contributed by atoms with Gasteiger partial charge in [-0.1, -0.05) is 6.07 Å². The molecular formula is C14H17N7O2. The Hall–Kier alpha value is -3.10. The van der Waals surface area contributed by atoms with Crippen molar-refractivity contribution in [2.45, 2.75) is 18.9 Å².